The fraction of sp³-hybridized carbons (Fsp3) is 0.500. The molecule has 0 bridgehead atoms. The lowest BCUT2D eigenvalue weighted by Gasteiger charge is -2.25. The highest BCUT2D eigenvalue weighted by Gasteiger charge is 2.36. The van der Waals surface area contributed by atoms with E-state index in [1.807, 2.05) is 12.1 Å². The fourth-order valence-corrected chi connectivity index (χ4v) is 4.23. The van der Waals surface area contributed by atoms with Crippen LogP contribution in [-0.4, -0.2) is 32.2 Å². The Kier molecular flexibility index (Phi) is 3.04. The molecule has 0 N–H and O–H groups in total. The van der Waals surface area contributed by atoms with E-state index in [-0.39, 0.29) is 11.8 Å². The van der Waals surface area contributed by atoms with Crippen LogP contribution < -0.4 is 0 Å². The molecule has 0 aromatic heterocycles. The molecular formula is C12H17NO2S. The molecule has 1 aliphatic rings. The van der Waals surface area contributed by atoms with Crippen LogP contribution in [0.25, 0.3) is 0 Å². The van der Waals surface area contributed by atoms with E-state index >= 15 is 0 Å². The van der Waals surface area contributed by atoms with E-state index in [9.17, 15) is 8.42 Å². The number of hydrogen-bond acceptors (Lipinski definition) is 3. The van der Waals surface area contributed by atoms with Crippen LogP contribution in [0.3, 0.4) is 0 Å². The van der Waals surface area contributed by atoms with Crippen molar-refractivity contribution in [1.29, 1.82) is 0 Å². The van der Waals surface area contributed by atoms with Crippen LogP contribution in [0.15, 0.2) is 29.2 Å². The second-order valence-corrected chi connectivity index (χ2v) is 6.06. The van der Waals surface area contributed by atoms with Gasteiger partial charge < -0.3 is 0 Å². The fourth-order valence-electron chi connectivity index (χ4n) is 2.39. The normalized spacial score (nSPS) is 22.3. The zero-order valence-electron chi connectivity index (χ0n) is 9.68. The summed E-state index contributed by atoms with van der Waals surface area (Å²) in [6, 6.07) is 7.39. The summed E-state index contributed by atoms with van der Waals surface area (Å²) in [4.78, 5) is 2.72. The van der Waals surface area contributed by atoms with Gasteiger partial charge in [-0.3, -0.25) is 4.90 Å². The lowest BCUT2D eigenvalue weighted by atomic mass is 10.1. The minimum atomic E-state index is -3.06. The molecule has 1 aromatic carbocycles. The number of fused-ring (bicyclic) bond motifs is 1. The first-order valence-electron chi connectivity index (χ1n) is 5.66. The van der Waals surface area contributed by atoms with Gasteiger partial charge in [-0.25, -0.2) is 8.42 Å². The third-order valence-corrected chi connectivity index (χ3v) is 5.04. The first kappa shape index (κ1) is 11.6. The van der Waals surface area contributed by atoms with Crippen molar-refractivity contribution in [1.82, 2.24) is 4.90 Å². The molecule has 3 nitrogen and oxygen atoms in total. The van der Waals surface area contributed by atoms with Crippen molar-refractivity contribution in [2.75, 3.05) is 18.8 Å². The van der Waals surface area contributed by atoms with Gasteiger partial charge in [0.1, 0.15) is 0 Å². The smallest absolute Gasteiger partial charge is 0.180 e. The average molecular weight is 239 g/mol. The Bertz CT molecular complexity index is 478. The molecule has 1 aromatic rings. The molecule has 1 atom stereocenters. The van der Waals surface area contributed by atoms with Crippen molar-refractivity contribution in [2.24, 2.45) is 0 Å². The number of benzene rings is 1. The summed E-state index contributed by atoms with van der Waals surface area (Å²) >= 11 is 0. The predicted molar refractivity (Wildman–Crippen MR) is 64.2 cm³/mol. The highest BCUT2D eigenvalue weighted by molar-refractivity contribution is 7.91. The maximum Gasteiger partial charge on any atom is 0.180 e. The zero-order chi connectivity index (χ0) is 11.8. The molecule has 1 aliphatic heterocycles. The molecule has 0 radical (unpaired) electrons. The Morgan fingerprint density at radius 1 is 1.25 bits per heavy atom. The zero-order valence-corrected chi connectivity index (χ0v) is 10.5. The molecule has 0 saturated carbocycles. The lowest BCUT2D eigenvalue weighted by molar-refractivity contribution is 0.238. The summed E-state index contributed by atoms with van der Waals surface area (Å²) in [5.74, 6) is 0.230. The summed E-state index contributed by atoms with van der Waals surface area (Å²) in [7, 11) is -3.06. The highest BCUT2D eigenvalue weighted by atomic mass is 32.2. The van der Waals surface area contributed by atoms with E-state index < -0.39 is 9.84 Å². The second kappa shape index (κ2) is 4.18. The van der Waals surface area contributed by atoms with E-state index in [0.717, 1.165) is 18.7 Å². The summed E-state index contributed by atoms with van der Waals surface area (Å²) in [5.41, 5.74) is 0.964. The van der Waals surface area contributed by atoms with E-state index in [0.29, 0.717) is 4.90 Å². The van der Waals surface area contributed by atoms with Gasteiger partial charge in [0.25, 0.3) is 0 Å². The maximum absolute atomic E-state index is 12.0. The number of rotatable bonds is 3. The number of nitrogens with zero attached hydrogens (tertiary/aromatic N) is 1. The van der Waals surface area contributed by atoms with Gasteiger partial charge in [-0.15, -0.1) is 0 Å². The van der Waals surface area contributed by atoms with Crippen molar-refractivity contribution < 1.29 is 8.42 Å². The van der Waals surface area contributed by atoms with Crippen molar-refractivity contribution in [2.45, 2.75) is 24.8 Å². The van der Waals surface area contributed by atoms with Crippen molar-refractivity contribution >= 4 is 9.84 Å². The molecule has 88 valence electrons. The predicted octanol–water partition coefficient (Wildman–Crippen LogP) is 1.86. The van der Waals surface area contributed by atoms with Gasteiger partial charge in [-0.05, 0) is 24.7 Å². The Morgan fingerprint density at radius 2 is 1.88 bits per heavy atom. The third kappa shape index (κ3) is 1.76. The molecule has 1 unspecified atom stereocenters. The highest BCUT2D eigenvalue weighted by Crippen LogP contribution is 2.36. The van der Waals surface area contributed by atoms with Crippen LogP contribution in [0.1, 0.15) is 25.5 Å². The Labute approximate surface area is 97.0 Å². The van der Waals surface area contributed by atoms with Crippen LogP contribution in [0.5, 0.6) is 0 Å². The minimum absolute atomic E-state index is 0.0381. The Balaban J connectivity index is 2.48. The largest absolute Gasteiger partial charge is 0.296 e. The first-order valence-corrected chi connectivity index (χ1v) is 7.31. The summed E-state index contributed by atoms with van der Waals surface area (Å²) < 4.78 is 23.9. The van der Waals surface area contributed by atoms with Crippen molar-refractivity contribution in [3.8, 4) is 0 Å². The van der Waals surface area contributed by atoms with Gasteiger partial charge in [0, 0.05) is 0 Å². The molecule has 0 fully saturated rings. The summed E-state index contributed by atoms with van der Waals surface area (Å²) in [6.45, 7) is 5.89. The van der Waals surface area contributed by atoms with E-state index in [4.69, 9.17) is 0 Å². The van der Waals surface area contributed by atoms with Crippen LogP contribution in [-0.2, 0) is 9.84 Å². The molecule has 1 heterocycles. The molecule has 0 aliphatic carbocycles. The van der Waals surface area contributed by atoms with Crippen LogP contribution in [0.4, 0.5) is 0 Å². The van der Waals surface area contributed by atoms with E-state index in [1.165, 1.54) is 0 Å². The van der Waals surface area contributed by atoms with Gasteiger partial charge in [-0.2, -0.15) is 0 Å². The first-order chi connectivity index (χ1) is 7.60. The van der Waals surface area contributed by atoms with Gasteiger partial charge in [-0.1, -0.05) is 32.0 Å². The molecule has 0 spiro atoms. The van der Waals surface area contributed by atoms with Gasteiger partial charge >= 0.3 is 0 Å². The van der Waals surface area contributed by atoms with Crippen LogP contribution in [0.2, 0.25) is 0 Å². The maximum atomic E-state index is 12.0. The van der Waals surface area contributed by atoms with E-state index in [2.05, 4.69) is 18.7 Å². The molecule has 0 amide bonds. The molecule has 2 rings (SSSR count). The SMILES string of the molecule is CCN(CC)C1CS(=O)(=O)c2ccccc21. The van der Waals surface area contributed by atoms with Crippen LogP contribution >= 0.6 is 0 Å². The Hall–Kier alpha value is -0.870. The van der Waals surface area contributed by atoms with Gasteiger partial charge in [0.2, 0.25) is 0 Å². The van der Waals surface area contributed by atoms with Gasteiger partial charge in [0.05, 0.1) is 16.7 Å². The van der Waals surface area contributed by atoms with Crippen molar-refractivity contribution in [3.05, 3.63) is 29.8 Å². The quantitative estimate of drug-likeness (QED) is 0.808. The molecular weight excluding hydrogens is 222 g/mol. The third-order valence-electron chi connectivity index (χ3n) is 3.24. The Morgan fingerprint density at radius 3 is 2.50 bits per heavy atom. The summed E-state index contributed by atoms with van der Waals surface area (Å²) in [5, 5.41) is 0. The van der Waals surface area contributed by atoms with Gasteiger partial charge in [0.15, 0.2) is 9.84 Å². The molecule has 0 saturated heterocycles. The topological polar surface area (TPSA) is 37.4 Å². The second-order valence-electron chi connectivity index (χ2n) is 4.06. The standard InChI is InChI=1S/C12H17NO2S/c1-3-13(4-2)11-9-16(14,15)12-8-6-5-7-10(11)12/h5-8,11H,3-4,9H2,1-2H3. The van der Waals surface area contributed by atoms with Crippen molar-refractivity contribution in [3.63, 3.8) is 0 Å². The number of hydrogen-bond donors (Lipinski definition) is 0. The molecule has 16 heavy (non-hydrogen) atoms. The number of sulfone groups is 1. The molecule has 4 heteroatoms. The van der Waals surface area contributed by atoms with Crippen LogP contribution in [0, 0.1) is 0 Å². The monoisotopic (exact) mass is 239 g/mol. The lowest BCUT2D eigenvalue weighted by Crippen LogP contribution is -2.29. The van der Waals surface area contributed by atoms with E-state index in [1.54, 1.807) is 12.1 Å². The average Bonchev–Trinajstić information content (AvgIpc) is 2.54. The minimum Gasteiger partial charge on any atom is -0.296 e. The summed E-state index contributed by atoms with van der Waals surface area (Å²) in [6.07, 6.45) is 0.